The van der Waals surface area contributed by atoms with E-state index >= 15 is 0 Å². The molecule has 0 unspecified atom stereocenters. The van der Waals surface area contributed by atoms with Gasteiger partial charge in [0.15, 0.2) is 0 Å². The van der Waals surface area contributed by atoms with Crippen molar-refractivity contribution >= 4 is 17.3 Å². The minimum Gasteiger partial charge on any atom is -0.495 e. The van der Waals surface area contributed by atoms with Gasteiger partial charge in [-0.05, 0) is 36.8 Å². The smallest absolute Gasteiger partial charge is 0.337 e. The first-order valence-corrected chi connectivity index (χ1v) is 6.24. The van der Waals surface area contributed by atoms with Gasteiger partial charge in [0.2, 0.25) is 0 Å². The lowest BCUT2D eigenvalue weighted by Gasteiger charge is -2.14. The molecule has 0 radical (unpaired) electrons. The Kier molecular flexibility index (Phi) is 4.10. The molecule has 0 aliphatic heterocycles. The van der Waals surface area contributed by atoms with E-state index in [-0.39, 0.29) is 5.56 Å². The van der Waals surface area contributed by atoms with Crippen LogP contribution in [0, 0.1) is 18.3 Å². The topological polar surface area (TPSA) is 82.3 Å². The van der Waals surface area contributed by atoms with Crippen LogP contribution in [0.25, 0.3) is 0 Å². The summed E-state index contributed by atoms with van der Waals surface area (Å²) in [6.07, 6.45) is 0. The highest BCUT2D eigenvalue weighted by atomic mass is 16.5. The normalized spacial score (nSPS) is 9.76. The number of rotatable bonds is 4. The molecule has 0 saturated heterocycles. The SMILES string of the molecule is COc1cc(C#N)ccc1Nc1cc(C)ccc1C(=O)O. The number of anilines is 2. The second-order valence-electron chi connectivity index (χ2n) is 4.51. The Labute approximate surface area is 122 Å². The van der Waals surface area contributed by atoms with E-state index in [0.29, 0.717) is 22.7 Å². The van der Waals surface area contributed by atoms with Crippen molar-refractivity contribution in [2.45, 2.75) is 6.92 Å². The lowest BCUT2D eigenvalue weighted by atomic mass is 10.1. The number of hydrogen-bond donors (Lipinski definition) is 2. The highest BCUT2D eigenvalue weighted by molar-refractivity contribution is 5.95. The fourth-order valence-electron chi connectivity index (χ4n) is 1.96. The quantitative estimate of drug-likeness (QED) is 0.898. The van der Waals surface area contributed by atoms with Gasteiger partial charge in [-0.3, -0.25) is 0 Å². The molecule has 0 bridgehead atoms. The van der Waals surface area contributed by atoms with Gasteiger partial charge in [0.25, 0.3) is 0 Å². The second-order valence-corrected chi connectivity index (χ2v) is 4.51. The summed E-state index contributed by atoms with van der Waals surface area (Å²) in [5.74, 6) is -0.531. The van der Waals surface area contributed by atoms with Crippen LogP contribution in [-0.4, -0.2) is 18.2 Å². The molecule has 0 heterocycles. The van der Waals surface area contributed by atoms with Crippen LogP contribution >= 0.6 is 0 Å². The van der Waals surface area contributed by atoms with Crippen LogP contribution in [-0.2, 0) is 0 Å². The van der Waals surface area contributed by atoms with Crippen molar-refractivity contribution in [1.29, 1.82) is 5.26 Å². The summed E-state index contributed by atoms with van der Waals surface area (Å²) in [5, 5.41) is 21.2. The predicted molar refractivity (Wildman–Crippen MR) is 79.1 cm³/mol. The molecule has 0 aromatic heterocycles. The van der Waals surface area contributed by atoms with Gasteiger partial charge in [-0.15, -0.1) is 0 Å². The van der Waals surface area contributed by atoms with Gasteiger partial charge in [0.05, 0.1) is 35.7 Å². The Balaban J connectivity index is 2.45. The number of carboxylic acid groups (broad SMARTS) is 1. The van der Waals surface area contributed by atoms with Crippen LogP contribution in [0.3, 0.4) is 0 Å². The lowest BCUT2D eigenvalue weighted by Crippen LogP contribution is -2.04. The van der Waals surface area contributed by atoms with E-state index < -0.39 is 5.97 Å². The standard InChI is InChI=1S/C16H14N2O3/c1-10-3-5-12(16(19)20)14(7-10)18-13-6-4-11(9-17)8-15(13)21-2/h3-8,18H,1-2H3,(H,19,20). The summed E-state index contributed by atoms with van der Waals surface area (Å²) in [7, 11) is 1.50. The van der Waals surface area contributed by atoms with Gasteiger partial charge < -0.3 is 15.2 Å². The van der Waals surface area contributed by atoms with Crippen molar-refractivity contribution in [3.63, 3.8) is 0 Å². The van der Waals surface area contributed by atoms with Crippen LogP contribution in [0.5, 0.6) is 5.75 Å². The van der Waals surface area contributed by atoms with Crippen LogP contribution in [0.1, 0.15) is 21.5 Å². The van der Waals surface area contributed by atoms with E-state index in [0.717, 1.165) is 5.56 Å². The van der Waals surface area contributed by atoms with Crippen molar-refractivity contribution in [1.82, 2.24) is 0 Å². The molecule has 0 saturated carbocycles. The third-order valence-electron chi connectivity index (χ3n) is 3.01. The Bertz CT molecular complexity index is 733. The maximum absolute atomic E-state index is 11.3. The molecule has 0 atom stereocenters. The monoisotopic (exact) mass is 282 g/mol. The summed E-state index contributed by atoms with van der Waals surface area (Å²) in [6, 6.07) is 12.0. The van der Waals surface area contributed by atoms with Crippen LogP contribution in [0.15, 0.2) is 36.4 Å². The number of nitriles is 1. The third-order valence-corrected chi connectivity index (χ3v) is 3.01. The fourth-order valence-corrected chi connectivity index (χ4v) is 1.96. The molecule has 0 amide bonds. The number of aryl methyl sites for hydroxylation is 1. The van der Waals surface area contributed by atoms with Crippen LogP contribution in [0.4, 0.5) is 11.4 Å². The number of carbonyl (C=O) groups is 1. The van der Waals surface area contributed by atoms with Crippen LogP contribution < -0.4 is 10.1 Å². The van der Waals surface area contributed by atoms with Crippen LogP contribution in [0.2, 0.25) is 0 Å². The Morgan fingerprint density at radius 3 is 2.62 bits per heavy atom. The summed E-state index contributed by atoms with van der Waals surface area (Å²) >= 11 is 0. The predicted octanol–water partition coefficient (Wildman–Crippen LogP) is 3.32. The van der Waals surface area contributed by atoms with Gasteiger partial charge in [-0.25, -0.2) is 4.79 Å². The molecular formula is C16H14N2O3. The van der Waals surface area contributed by atoms with E-state index in [1.54, 1.807) is 36.4 Å². The first-order valence-electron chi connectivity index (χ1n) is 6.24. The molecule has 0 aliphatic carbocycles. The molecule has 2 aromatic carbocycles. The van der Waals surface area contributed by atoms with E-state index in [2.05, 4.69) is 5.32 Å². The summed E-state index contributed by atoms with van der Waals surface area (Å²) in [4.78, 5) is 11.3. The summed E-state index contributed by atoms with van der Waals surface area (Å²) < 4.78 is 5.23. The number of hydrogen-bond acceptors (Lipinski definition) is 4. The third kappa shape index (κ3) is 3.12. The molecule has 106 valence electrons. The van der Waals surface area contributed by atoms with Crippen molar-refractivity contribution < 1.29 is 14.6 Å². The highest BCUT2D eigenvalue weighted by Gasteiger charge is 2.12. The summed E-state index contributed by atoms with van der Waals surface area (Å²) in [6.45, 7) is 1.88. The average Bonchev–Trinajstić information content (AvgIpc) is 2.47. The minimum absolute atomic E-state index is 0.173. The van der Waals surface area contributed by atoms with Crippen molar-refractivity contribution in [3.05, 3.63) is 53.1 Å². The molecule has 0 fully saturated rings. The zero-order valence-corrected chi connectivity index (χ0v) is 11.7. The fraction of sp³-hybridized carbons (Fsp3) is 0.125. The first-order chi connectivity index (χ1) is 10.0. The lowest BCUT2D eigenvalue weighted by molar-refractivity contribution is 0.0698. The molecule has 2 aromatic rings. The minimum atomic E-state index is -1.01. The Hall–Kier alpha value is -3.00. The molecule has 2 N–H and O–H groups in total. The number of aromatic carboxylic acids is 1. The van der Waals surface area contributed by atoms with E-state index in [9.17, 15) is 9.90 Å². The van der Waals surface area contributed by atoms with E-state index in [1.165, 1.54) is 7.11 Å². The average molecular weight is 282 g/mol. The van der Waals surface area contributed by atoms with Gasteiger partial charge in [-0.1, -0.05) is 6.07 Å². The van der Waals surface area contributed by atoms with Crippen molar-refractivity contribution in [2.75, 3.05) is 12.4 Å². The second kappa shape index (κ2) is 5.97. The Morgan fingerprint density at radius 2 is 2.00 bits per heavy atom. The first kappa shape index (κ1) is 14.4. The maximum atomic E-state index is 11.3. The molecule has 5 nitrogen and oxygen atoms in total. The highest BCUT2D eigenvalue weighted by Crippen LogP contribution is 2.30. The number of nitrogens with one attached hydrogen (secondary N) is 1. The molecule has 2 rings (SSSR count). The van der Waals surface area contributed by atoms with Gasteiger partial charge >= 0.3 is 5.97 Å². The molecule has 0 spiro atoms. The molecule has 21 heavy (non-hydrogen) atoms. The van der Waals surface area contributed by atoms with Crippen molar-refractivity contribution in [2.24, 2.45) is 0 Å². The zero-order valence-electron chi connectivity index (χ0n) is 11.7. The molecular weight excluding hydrogens is 268 g/mol. The van der Waals surface area contributed by atoms with E-state index in [1.807, 2.05) is 13.0 Å². The number of methoxy groups -OCH3 is 1. The number of benzene rings is 2. The molecule has 5 heteroatoms. The number of carboxylic acids is 1. The number of ether oxygens (including phenoxy) is 1. The maximum Gasteiger partial charge on any atom is 0.337 e. The summed E-state index contributed by atoms with van der Waals surface area (Å²) in [5.41, 5.74) is 2.66. The Morgan fingerprint density at radius 1 is 1.24 bits per heavy atom. The largest absolute Gasteiger partial charge is 0.495 e. The number of nitrogens with zero attached hydrogens (tertiary/aromatic N) is 1. The van der Waals surface area contributed by atoms with Gasteiger partial charge in [-0.2, -0.15) is 5.26 Å². The molecule has 0 aliphatic rings. The van der Waals surface area contributed by atoms with Crippen molar-refractivity contribution in [3.8, 4) is 11.8 Å². The van der Waals surface area contributed by atoms with Gasteiger partial charge in [0.1, 0.15) is 5.75 Å². The van der Waals surface area contributed by atoms with E-state index in [4.69, 9.17) is 10.00 Å². The van der Waals surface area contributed by atoms with Gasteiger partial charge in [0, 0.05) is 6.07 Å². The zero-order chi connectivity index (χ0) is 15.4.